The number of carbonyl (C=O) groups is 2. The molecule has 0 atom stereocenters. The van der Waals surface area contributed by atoms with Gasteiger partial charge in [-0.05, 0) is 12.8 Å². The van der Waals surface area contributed by atoms with Crippen LogP contribution in [0.3, 0.4) is 0 Å². The summed E-state index contributed by atoms with van der Waals surface area (Å²) in [4.78, 5) is 22.7. The zero-order valence-electron chi connectivity index (χ0n) is 18.4. The molecule has 0 aliphatic heterocycles. The average molecular weight is 362 g/mol. The van der Waals surface area contributed by atoms with Crippen LogP contribution in [-0.4, -0.2) is 22.2 Å². The Labute approximate surface area is 195 Å². The molecule has 0 aliphatic rings. The molecule has 6 heteroatoms. The minimum absolute atomic E-state index is 0. The molecule has 0 fully saturated rings. The van der Waals surface area contributed by atoms with E-state index < -0.39 is 17.4 Å². The summed E-state index contributed by atoms with van der Waals surface area (Å²) < 4.78 is 0. The summed E-state index contributed by atoms with van der Waals surface area (Å²) in [6, 6.07) is 0. The Bertz CT molecular complexity index is 318. The Morgan fingerprint density at radius 1 is 0.667 bits per heavy atom. The van der Waals surface area contributed by atoms with Gasteiger partial charge in [-0.3, -0.25) is 9.59 Å². The second-order valence-electron chi connectivity index (χ2n) is 6.37. The van der Waals surface area contributed by atoms with E-state index in [1.807, 2.05) is 6.92 Å². The summed E-state index contributed by atoms with van der Waals surface area (Å²) in [5.74, 6) is -2.37. The van der Waals surface area contributed by atoms with Gasteiger partial charge in [-0.2, -0.15) is 0 Å². The van der Waals surface area contributed by atoms with Crippen molar-refractivity contribution in [3.63, 3.8) is 0 Å². The van der Waals surface area contributed by atoms with Crippen molar-refractivity contribution in [3.05, 3.63) is 0 Å². The van der Waals surface area contributed by atoms with E-state index in [-0.39, 0.29) is 74.8 Å². The maximum atomic E-state index is 11.4. The second kappa shape index (κ2) is 18.7. The first-order valence-electron chi connectivity index (χ1n) is 8.98. The first-order valence-corrected chi connectivity index (χ1v) is 8.98. The van der Waals surface area contributed by atoms with Crippen LogP contribution in [0.15, 0.2) is 0 Å². The molecule has 0 saturated carbocycles. The molecule has 0 rings (SSSR count). The summed E-state index contributed by atoms with van der Waals surface area (Å²) in [6.07, 6.45) is 12.7. The van der Waals surface area contributed by atoms with Gasteiger partial charge in [0.1, 0.15) is 0 Å². The predicted molar refractivity (Wildman–Crippen MR) is 91.3 cm³/mol. The van der Waals surface area contributed by atoms with Crippen molar-refractivity contribution in [2.24, 2.45) is 5.41 Å². The molecule has 134 valence electrons. The molecule has 0 amide bonds. The molecule has 0 aromatic carbocycles. The summed E-state index contributed by atoms with van der Waals surface area (Å²) in [7, 11) is 0. The van der Waals surface area contributed by atoms with Gasteiger partial charge in [0.25, 0.3) is 0 Å². The van der Waals surface area contributed by atoms with Crippen LogP contribution in [0.1, 0.15) is 100 Å². The van der Waals surface area contributed by atoms with Crippen LogP contribution in [0.25, 0.3) is 0 Å². The number of hydrogen-bond acceptors (Lipinski definition) is 2. The Balaban J connectivity index is -0.000000367. The quantitative estimate of drug-likeness (QED) is 0.234. The van der Waals surface area contributed by atoms with Crippen LogP contribution < -0.4 is 59.1 Å². The third kappa shape index (κ3) is 12.3. The van der Waals surface area contributed by atoms with Crippen LogP contribution in [0.5, 0.6) is 0 Å². The second-order valence-corrected chi connectivity index (χ2v) is 6.37. The van der Waals surface area contributed by atoms with Crippen LogP contribution >= 0.6 is 0 Å². The third-order valence-electron chi connectivity index (χ3n) is 4.45. The molecule has 0 saturated heterocycles. The summed E-state index contributed by atoms with van der Waals surface area (Å²) >= 11 is 0. The maximum absolute atomic E-state index is 11.4. The van der Waals surface area contributed by atoms with E-state index in [4.69, 9.17) is 0 Å². The Morgan fingerprint density at radius 2 is 1.04 bits per heavy atom. The molecular weight excluding hydrogens is 326 g/mol. The van der Waals surface area contributed by atoms with Crippen LogP contribution in [0.4, 0.5) is 0 Å². The number of aliphatic carboxylic acids is 2. The third-order valence-corrected chi connectivity index (χ3v) is 4.45. The molecule has 0 aromatic heterocycles. The smallest absolute Gasteiger partial charge is 1.00 e. The molecule has 2 N–H and O–H groups in total. The van der Waals surface area contributed by atoms with Crippen molar-refractivity contribution in [2.45, 2.75) is 97.3 Å². The first kappa shape index (κ1) is 29.7. The average Bonchev–Trinajstić information content (AvgIpc) is 2.47. The van der Waals surface area contributed by atoms with Crippen molar-refractivity contribution in [1.82, 2.24) is 0 Å². The van der Waals surface area contributed by atoms with Gasteiger partial charge in [-0.25, -0.2) is 0 Å². The van der Waals surface area contributed by atoms with Crippen molar-refractivity contribution in [1.29, 1.82) is 0 Å². The summed E-state index contributed by atoms with van der Waals surface area (Å²) in [6.45, 7) is 4.05. The van der Waals surface area contributed by atoms with Gasteiger partial charge < -0.3 is 13.1 Å². The fourth-order valence-corrected chi connectivity index (χ4v) is 2.99. The van der Waals surface area contributed by atoms with Crippen LogP contribution in [0, 0.1) is 5.41 Å². The molecule has 0 aromatic rings. The maximum Gasteiger partial charge on any atom is 1.00 e. The predicted octanol–water partition coefficient (Wildman–Crippen LogP) is -0.514. The van der Waals surface area contributed by atoms with Gasteiger partial charge in [0.05, 0.1) is 0 Å². The molecular formula is C18H36Na2O4. The number of carboxylic acids is 2. The van der Waals surface area contributed by atoms with Gasteiger partial charge in [0.2, 0.25) is 0 Å². The number of hydrogen-bond donors (Lipinski definition) is 2. The molecule has 4 nitrogen and oxygen atoms in total. The zero-order chi connectivity index (χ0) is 16.8. The first-order chi connectivity index (χ1) is 10.5. The van der Waals surface area contributed by atoms with Crippen LogP contribution in [-0.2, 0) is 9.59 Å². The van der Waals surface area contributed by atoms with E-state index in [0.717, 1.165) is 12.8 Å². The molecule has 0 spiro atoms. The van der Waals surface area contributed by atoms with E-state index in [9.17, 15) is 19.8 Å². The Kier molecular flexibility index (Phi) is 23.2. The number of carboxylic acid groups (broad SMARTS) is 2. The largest absolute Gasteiger partial charge is 1.00 e. The SMILES string of the molecule is CCCCCCCCCCCCC(CCC)(C(=O)O)C(=O)O.[H-].[H-].[Na+].[Na+]. The molecule has 0 radical (unpaired) electrons. The van der Waals surface area contributed by atoms with E-state index >= 15 is 0 Å². The number of rotatable bonds is 15. The minimum Gasteiger partial charge on any atom is -1.00 e. The zero-order valence-corrected chi connectivity index (χ0v) is 20.4. The monoisotopic (exact) mass is 362 g/mol. The van der Waals surface area contributed by atoms with E-state index in [2.05, 4.69) is 6.92 Å². The van der Waals surface area contributed by atoms with E-state index in [1.165, 1.54) is 44.9 Å². The summed E-state index contributed by atoms with van der Waals surface area (Å²) in [5.41, 5.74) is -1.57. The molecule has 0 bridgehead atoms. The van der Waals surface area contributed by atoms with Gasteiger partial charge in [0.15, 0.2) is 5.41 Å². The van der Waals surface area contributed by atoms with Gasteiger partial charge in [-0.15, -0.1) is 0 Å². The normalized spacial score (nSPS) is 10.6. The summed E-state index contributed by atoms with van der Waals surface area (Å²) in [5, 5.41) is 18.6. The Hall–Kier alpha value is 0.940. The van der Waals surface area contributed by atoms with Gasteiger partial charge in [-0.1, -0.05) is 84.5 Å². The van der Waals surface area contributed by atoms with Crippen LogP contribution in [0.2, 0.25) is 0 Å². The molecule has 24 heavy (non-hydrogen) atoms. The van der Waals surface area contributed by atoms with Gasteiger partial charge >= 0.3 is 71.1 Å². The minimum atomic E-state index is -1.57. The fourth-order valence-electron chi connectivity index (χ4n) is 2.99. The fraction of sp³-hybridized carbons (Fsp3) is 0.889. The van der Waals surface area contributed by atoms with E-state index in [0.29, 0.717) is 12.8 Å². The van der Waals surface area contributed by atoms with Crippen molar-refractivity contribution >= 4 is 11.9 Å². The van der Waals surface area contributed by atoms with Crippen molar-refractivity contribution in [2.75, 3.05) is 0 Å². The van der Waals surface area contributed by atoms with E-state index in [1.54, 1.807) is 0 Å². The topological polar surface area (TPSA) is 74.6 Å². The molecule has 0 unspecified atom stereocenters. The van der Waals surface area contributed by atoms with Crippen molar-refractivity contribution < 1.29 is 81.8 Å². The molecule has 0 aliphatic carbocycles. The van der Waals surface area contributed by atoms with Crippen molar-refractivity contribution in [3.8, 4) is 0 Å². The number of unbranched alkanes of at least 4 members (excludes halogenated alkanes) is 9. The van der Waals surface area contributed by atoms with Gasteiger partial charge in [0, 0.05) is 0 Å². The standard InChI is InChI=1S/C18H34O4.2Na.2H/c1-3-5-6-7-8-9-10-11-12-13-15-18(14-4-2,16(19)20)17(21)22;;;;/h3-15H2,1-2H3,(H,19,20)(H,21,22);;;;/q;2*+1;2*-1. The Morgan fingerprint density at radius 3 is 1.38 bits per heavy atom. The molecule has 0 heterocycles.